The van der Waals surface area contributed by atoms with Crippen LogP contribution in [0, 0.1) is 5.92 Å². The average molecular weight is 313 g/mol. The number of hydrogen-bond acceptors (Lipinski definition) is 3. The van der Waals surface area contributed by atoms with Gasteiger partial charge in [-0.3, -0.25) is 4.79 Å². The van der Waals surface area contributed by atoms with Gasteiger partial charge in [0.1, 0.15) is 6.10 Å². The third-order valence-corrected chi connectivity index (χ3v) is 3.37. The van der Waals surface area contributed by atoms with Crippen molar-refractivity contribution in [3.8, 4) is 0 Å². The molecule has 1 unspecified atom stereocenters. The SMILES string of the molecule is CC(C)CCOC(C)C(=O)Nc1cc(Cl)ccc1N(C)C. The summed E-state index contributed by atoms with van der Waals surface area (Å²) in [5, 5.41) is 3.47. The first-order valence-corrected chi connectivity index (χ1v) is 7.58. The number of rotatable bonds is 7. The zero-order valence-corrected chi connectivity index (χ0v) is 14.2. The Labute approximate surface area is 132 Å². The molecule has 118 valence electrons. The summed E-state index contributed by atoms with van der Waals surface area (Å²) in [4.78, 5) is 14.1. The van der Waals surface area contributed by atoms with Gasteiger partial charge in [-0.25, -0.2) is 0 Å². The minimum Gasteiger partial charge on any atom is -0.376 e. The van der Waals surface area contributed by atoms with Crippen molar-refractivity contribution in [3.63, 3.8) is 0 Å². The summed E-state index contributed by atoms with van der Waals surface area (Å²) < 4.78 is 5.56. The average Bonchev–Trinajstić information content (AvgIpc) is 2.37. The van der Waals surface area contributed by atoms with Crippen molar-refractivity contribution >= 4 is 28.9 Å². The number of anilines is 2. The van der Waals surface area contributed by atoms with Crippen LogP contribution in [0.1, 0.15) is 27.2 Å². The molecule has 0 saturated carbocycles. The summed E-state index contributed by atoms with van der Waals surface area (Å²) in [5.41, 5.74) is 1.60. The molecule has 0 aliphatic heterocycles. The molecule has 0 aromatic heterocycles. The van der Waals surface area contributed by atoms with Gasteiger partial charge in [0.15, 0.2) is 0 Å². The molecule has 0 bridgehead atoms. The third kappa shape index (κ3) is 5.94. The Hall–Kier alpha value is -1.26. The highest BCUT2D eigenvalue weighted by Crippen LogP contribution is 2.28. The molecule has 0 radical (unpaired) electrons. The van der Waals surface area contributed by atoms with Crippen LogP contribution in [0.25, 0.3) is 0 Å². The molecule has 1 rings (SSSR count). The van der Waals surface area contributed by atoms with Crippen LogP contribution in [0.2, 0.25) is 5.02 Å². The first-order chi connectivity index (χ1) is 9.81. The first-order valence-electron chi connectivity index (χ1n) is 7.20. The maximum atomic E-state index is 12.2. The van der Waals surface area contributed by atoms with Gasteiger partial charge >= 0.3 is 0 Å². The molecule has 0 fully saturated rings. The van der Waals surface area contributed by atoms with Gasteiger partial charge in [0, 0.05) is 25.7 Å². The van der Waals surface area contributed by atoms with Gasteiger partial charge in [-0.2, -0.15) is 0 Å². The van der Waals surface area contributed by atoms with Crippen molar-refractivity contribution in [1.29, 1.82) is 0 Å². The summed E-state index contributed by atoms with van der Waals surface area (Å²) in [5.74, 6) is 0.401. The van der Waals surface area contributed by atoms with E-state index in [1.165, 1.54) is 0 Å². The lowest BCUT2D eigenvalue weighted by atomic mass is 10.1. The standard InChI is InChI=1S/C16H25ClN2O2/c1-11(2)8-9-21-12(3)16(20)18-14-10-13(17)6-7-15(14)19(4)5/h6-7,10-12H,8-9H2,1-5H3,(H,18,20). The van der Waals surface area contributed by atoms with E-state index in [-0.39, 0.29) is 5.91 Å². The monoisotopic (exact) mass is 312 g/mol. The number of nitrogens with zero attached hydrogens (tertiary/aromatic N) is 1. The fraction of sp³-hybridized carbons (Fsp3) is 0.562. The highest BCUT2D eigenvalue weighted by molar-refractivity contribution is 6.31. The van der Waals surface area contributed by atoms with Gasteiger partial charge in [0.25, 0.3) is 5.91 Å². The lowest BCUT2D eigenvalue weighted by Crippen LogP contribution is -2.29. The first kappa shape index (κ1) is 17.8. The van der Waals surface area contributed by atoms with Crippen LogP contribution < -0.4 is 10.2 Å². The van der Waals surface area contributed by atoms with Crippen LogP contribution in [0.5, 0.6) is 0 Å². The van der Waals surface area contributed by atoms with Gasteiger partial charge in [-0.15, -0.1) is 0 Å². The third-order valence-electron chi connectivity index (χ3n) is 3.13. The Morgan fingerprint density at radius 1 is 1.33 bits per heavy atom. The molecule has 1 aromatic carbocycles. The predicted molar refractivity (Wildman–Crippen MR) is 89.3 cm³/mol. The largest absolute Gasteiger partial charge is 0.376 e. The number of carbonyl (C=O) groups excluding carboxylic acids is 1. The molecule has 0 heterocycles. The molecule has 21 heavy (non-hydrogen) atoms. The van der Waals surface area contributed by atoms with Crippen LogP contribution in [0.4, 0.5) is 11.4 Å². The van der Waals surface area contributed by atoms with E-state index in [1.54, 1.807) is 19.1 Å². The van der Waals surface area contributed by atoms with E-state index in [0.717, 1.165) is 12.1 Å². The van der Waals surface area contributed by atoms with Crippen molar-refractivity contribution in [3.05, 3.63) is 23.2 Å². The second-order valence-electron chi connectivity index (χ2n) is 5.74. The molecule has 0 saturated heterocycles. The van der Waals surface area contributed by atoms with Gasteiger partial charge in [-0.1, -0.05) is 25.4 Å². The maximum Gasteiger partial charge on any atom is 0.253 e. The highest BCUT2D eigenvalue weighted by atomic mass is 35.5. The number of carbonyl (C=O) groups is 1. The minimum atomic E-state index is -0.488. The molecule has 1 atom stereocenters. The summed E-state index contributed by atoms with van der Waals surface area (Å²) in [7, 11) is 3.84. The summed E-state index contributed by atoms with van der Waals surface area (Å²) in [6, 6.07) is 5.42. The Balaban J connectivity index is 2.67. The molecular formula is C16H25ClN2O2. The number of benzene rings is 1. The fourth-order valence-electron chi connectivity index (χ4n) is 1.79. The van der Waals surface area contributed by atoms with E-state index >= 15 is 0 Å². The molecule has 5 heteroatoms. The Morgan fingerprint density at radius 2 is 2.00 bits per heavy atom. The lowest BCUT2D eigenvalue weighted by Gasteiger charge is -2.20. The van der Waals surface area contributed by atoms with Crippen LogP contribution in [-0.2, 0) is 9.53 Å². The van der Waals surface area contributed by atoms with E-state index in [2.05, 4.69) is 19.2 Å². The molecule has 0 aliphatic carbocycles. The number of amides is 1. The zero-order chi connectivity index (χ0) is 16.0. The Morgan fingerprint density at radius 3 is 2.57 bits per heavy atom. The van der Waals surface area contributed by atoms with Crippen LogP contribution in [0.15, 0.2) is 18.2 Å². The van der Waals surface area contributed by atoms with Crippen LogP contribution >= 0.6 is 11.6 Å². The topological polar surface area (TPSA) is 41.6 Å². The van der Waals surface area contributed by atoms with Gasteiger partial charge < -0.3 is 15.0 Å². The van der Waals surface area contributed by atoms with Crippen molar-refractivity contribution in [1.82, 2.24) is 0 Å². The van der Waals surface area contributed by atoms with Crippen molar-refractivity contribution < 1.29 is 9.53 Å². The zero-order valence-electron chi connectivity index (χ0n) is 13.4. The number of nitrogens with one attached hydrogen (secondary N) is 1. The number of ether oxygens (including phenoxy) is 1. The van der Waals surface area contributed by atoms with Gasteiger partial charge in [0.05, 0.1) is 11.4 Å². The lowest BCUT2D eigenvalue weighted by molar-refractivity contribution is -0.126. The Bertz CT molecular complexity index is 475. The van der Waals surface area contributed by atoms with Crippen molar-refractivity contribution in [2.45, 2.75) is 33.3 Å². The molecule has 1 aromatic rings. The van der Waals surface area contributed by atoms with E-state index in [9.17, 15) is 4.79 Å². The minimum absolute atomic E-state index is 0.163. The summed E-state index contributed by atoms with van der Waals surface area (Å²) >= 11 is 6.00. The van der Waals surface area contributed by atoms with Crippen LogP contribution in [-0.4, -0.2) is 32.7 Å². The molecule has 1 amide bonds. The number of hydrogen-bond donors (Lipinski definition) is 1. The normalized spacial score (nSPS) is 12.3. The van der Waals surface area contributed by atoms with Crippen molar-refractivity contribution in [2.24, 2.45) is 5.92 Å². The van der Waals surface area contributed by atoms with Crippen LogP contribution in [0.3, 0.4) is 0 Å². The van der Waals surface area contributed by atoms with Gasteiger partial charge in [-0.05, 0) is 37.5 Å². The van der Waals surface area contributed by atoms with E-state index in [4.69, 9.17) is 16.3 Å². The second-order valence-corrected chi connectivity index (χ2v) is 6.18. The van der Waals surface area contributed by atoms with Gasteiger partial charge in [0.2, 0.25) is 0 Å². The molecule has 0 aliphatic rings. The quantitative estimate of drug-likeness (QED) is 0.832. The van der Waals surface area contributed by atoms with E-state index < -0.39 is 6.10 Å². The van der Waals surface area contributed by atoms with E-state index in [1.807, 2.05) is 25.1 Å². The van der Waals surface area contributed by atoms with E-state index in [0.29, 0.717) is 23.2 Å². The second kappa shape index (κ2) is 8.25. The predicted octanol–water partition coefficient (Wildman–Crippen LogP) is 3.80. The molecular weight excluding hydrogens is 288 g/mol. The summed E-state index contributed by atoms with van der Waals surface area (Å²) in [6.45, 7) is 6.60. The molecule has 1 N–H and O–H groups in total. The maximum absolute atomic E-state index is 12.2. The Kier molecular flexibility index (Phi) is 6.99. The fourth-order valence-corrected chi connectivity index (χ4v) is 1.96. The number of halogens is 1. The molecule has 0 spiro atoms. The molecule has 4 nitrogen and oxygen atoms in total. The van der Waals surface area contributed by atoms with Crippen molar-refractivity contribution in [2.75, 3.05) is 30.9 Å². The smallest absolute Gasteiger partial charge is 0.253 e. The highest BCUT2D eigenvalue weighted by Gasteiger charge is 2.16. The summed E-state index contributed by atoms with van der Waals surface area (Å²) in [6.07, 6.45) is 0.454.